The number of nitro benzene ring substituents is 1. The fourth-order valence-electron chi connectivity index (χ4n) is 2.13. The zero-order chi connectivity index (χ0) is 18.2. The Morgan fingerprint density at radius 1 is 1.20 bits per heavy atom. The molecular weight excluding hydrogens is 322 g/mol. The van der Waals surface area contributed by atoms with Gasteiger partial charge in [-0.15, -0.1) is 0 Å². The maximum atomic E-state index is 12.3. The van der Waals surface area contributed by atoms with Gasteiger partial charge in [-0.2, -0.15) is 0 Å². The van der Waals surface area contributed by atoms with Crippen LogP contribution >= 0.6 is 0 Å². The predicted molar refractivity (Wildman–Crippen MR) is 95.8 cm³/mol. The second-order valence-electron chi connectivity index (χ2n) is 5.61. The Labute approximate surface area is 146 Å². The van der Waals surface area contributed by atoms with Crippen LogP contribution < -0.4 is 10.1 Å². The first-order valence-corrected chi connectivity index (χ1v) is 7.91. The van der Waals surface area contributed by atoms with Gasteiger partial charge in [0.15, 0.2) is 0 Å². The van der Waals surface area contributed by atoms with Gasteiger partial charge in [0.05, 0.1) is 11.0 Å². The molecule has 1 amide bonds. The van der Waals surface area contributed by atoms with Crippen LogP contribution in [-0.2, 0) is 4.79 Å². The van der Waals surface area contributed by atoms with Crippen molar-refractivity contribution < 1.29 is 14.5 Å². The number of hydrogen-bond donors (Lipinski definition) is 1. The minimum atomic E-state index is -0.477. The van der Waals surface area contributed by atoms with Crippen molar-refractivity contribution in [3.05, 3.63) is 64.7 Å². The van der Waals surface area contributed by atoms with E-state index < -0.39 is 4.92 Å². The zero-order valence-electron chi connectivity index (χ0n) is 14.2. The molecule has 0 radical (unpaired) electrons. The molecule has 1 atom stereocenters. The van der Waals surface area contributed by atoms with Gasteiger partial charge < -0.3 is 10.1 Å². The molecule has 0 spiro atoms. The Morgan fingerprint density at radius 2 is 1.84 bits per heavy atom. The highest BCUT2D eigenvalue weighted by atomic mass is 16.6. The summed E-state index contributed by atoms with van der Waals surface area (Å²) in [5.41, 5.74) is 0.512. The van der Waals surface area contributed by atoms with Crippen LogP contribution in [0, 0.1) is 10.1 Å². The average molecular weight is 343 g/mol. The molecule has 25 heavy (non-hydrogen) atoms. The number of ether oxygens (including phenoxy) is 1. The van der Waals surface area contributed by atoms with Crippen molar-refractivity contribution in [1.29, 1.82) is 0 Å². The van der Waals surface area contributed by atoms with E-state index in [1.165, 1.54) is 24.3 Å². The van der Waals surface area contributed by atoms with Crippen molar-refractivity contribution in [3.8, 4) is 5.75 Å². The summed E-state index contributed by atoms with van der Waals surface area (Å²) in [6.45, 7) is 2.85. The van der Waals surface area contributed by atoms with Crippen LogP contribution in [0.1, 0.15) is 6.92 Å². The summed E-state index contributed by atoms with van der Waals surface area (Å²) in [6.07, 6.45) is 0. The van der Waals surface area contributed by atoms with Crippen molar-refractivity contribution in [1.82, 2.24) is 4.90 Å². The number of anilines is 1. The molecule has 7 nitrogen and oxygen atoms in total. The summed E-state index contributed by atoms with van der Waals surface area (Å²) in [4.78, 5) is 24.3. The second kappa shape index (κ2) is 8.79. The second-order valence-corrected chi connectivity index (χ2v) is 5.61. The molecular formula is C18H21N3O4. The van der Waals surface area contributed by atoms with Crippen LogP contribution in [0.5, 0.6) is 5.75 Å². The molecule has 2 rings (SSSR count). The molecule has 0 aromatic heterocycles. The molecule has 0 aliphatic carbocycles. The van der Waals surface area contributed by atoms with Gasteiger partial charge in [-0.25, -0.2) is 0 Å². The lowest BCUT2D eigenvalue weighted by molar-refractivity contribution is -0.384. The minimum absolute atomic E-state index is 0.0128. The van der Waals surface area contributed by atoms with Crippen molar-refractivity contribution in [2.45, 2.75) is 13.0 Å². The average Bonchev–Trinajstić information content (AvgIpc) is 2.62. The summed E-state index contributed by atoms with van der Waals surface area (Å²) in [6, 6.07) is 14.9. The number of nitrogens with zero attached hydrogens (tertiary/aromatic N) is 2. The molecule has 0 saturated heterocycles. The fourth-order valence-corrected chi connectivity index (χ4v) is 2.13. The maximum Gasteiger partial charge on any atom is 0.269 e. The van der Waals surface area contributed by atoms with Gasteiger partial charge in [0.25, 0.3) is 5.69 Å². The van der Waals surface area contributed by atoms with Crippen molar-refractivity contribution in [2.24, 2.45) is 0 Å². The van der Waals surface area contributed by atoms with Crippen molar-refractivity contribution in [3.63, 3.8) is 0 Å². The normalized spacial score (nSPS) is 11.8. The summed E-state index contributed by atoms with van der Waals surface area (Å²) >= 11 is 0. The van der Waals surface area contributed by atoms with E-state index in [-0.39, 0.29) is 17.6 Å². The van der Waals surface area contributed by atoms with Crippen LogP contribution in [0.2, 0.25) is 0 Å². The smallest absolute Gasteiger partial charge is 0.269 e. The van der Waals surface area contributed by atoms with E-state index in [9.17, 15) is 14.9 Å². The zero-order valence-corrected chi connectivity index (χ0v) is 14.2. The van der Waals surface area contributed by atoms with Crippen molar-refractivity contribution >= 4 is 17.3 Å². The minimum Gasteiger partial charge on any atom is -0.492 e. The molecule has 132 valence electrons. The Kier molecular flexibility index (Phi) is 6.47. The standard InChI is InChI=1S/C18H21N3O4/c1-14(20(2)12-13-25-17-6-4-3-5-7-17)18(22)19-15-8-10-16(11-9-15)21(23)24/h3-11,14H,12-13H2,1-2H3,(H,19,22). The number of likely N-dealkylation sites (N-methyl/N-ethyl adjacent to an activating group) is 1. The molecule has 0 aliphatic heterocycles. The van der Waals surface area contributed by atoms with Crippen LogP contribution in [-0.4, -0.2) is 42.0 Å². The molecule has 2 aromatic rings. The number of nitro groups is 1. The molecule has 0 saturated carbocycles. The first kappa shape index (κ1) is 18.4. The third-order valence-electron chi connectivity index (χ3n) is 3.84. The highest BCUT2D eigenvalue weighted by molar-refractivity contribution is 5.94. The quantitative estimate of drug-likeness (QED) is 0.588. The Morgan fingerprint density at radius 3 is 2.44 bits per heavy atom. The lowest BCUT2D eigenvalue weighted by Gasteiger charge is -2.23. The molecule has 2 aromatic carbocycles. The van der Waals surface area contributed by atoms with Gasteiger partial charge in [0.1, 0.15) is 12.4 Å². The number of rotatable bonds is 8. The van der Waals surface area contributed by atoms with Crippen molar-refractivity contribution in [2.75, 3.05) is 25.5 Å². The first-order chi connectivity index (χ1) is 12.0. The molecule has 7 heteroatoms. The summed E-state index contributed by atoms with van der Waals surface area (Å²) in [5, 5.41) is 13.4. The topological polar surface area (TPSA) is 84.7 Å². The fraction of sp³-hybridized carbons (Fsp3) is 0.278. The first-order valence-electron chi connectivity index (χ1n) is 7.91. The molecule has 1 N–H and O–H groups in total. The molecule has 0 fully saturated rings. The Balaban J connectivity index is 1.80. The lowest BCUT2D eigenvalue weighted by Crippen LogP contribution is -2.41. The van der Waals surface area contributed by atoms with E-state index in [1.807, 2.05) is 42.3 Å². The summed E-state index contributed by atoms with van der Waals surface area (Å²) in [5.74, 6) is 0.606. The van der Waals surface area contributed by atoms with E-state index in [0.717, 1.165) is 5.75 Å². The molecule has 0 heterocycles. The highest BCUT2D eigenvalue weighted by Crippen LogP contribution is 2.16. The van der Waals surface area contributed by atoms with E-state index in [0.29, 0.717) is 18.8 Å². The maximum absolute atomic E-state index is 12.3. The van der Waals surface area contributed by atoms with Gasteiger partial charge >= 0.3 is 0 Å². The number of non-ortho nitro benzene ring substituents is 1. The molecule has 0 bridgehead atoms. The number of nitrogens with one attached hydrogen (secondary N) is 1. The van der Waals surface area contributed by atoms with Gasteiger partial charge in [-0.3, -0.25) is 19.8 Å². The number of amides is 1. The highest BCUT2D eigenvalue weighted by Gasteiger charge is 2.18. The predicted octanol–water partition coefficient (Wildman–Crippen LogP) is 2.93. The largest absolute Gasteiger partial charge is 0.492 e. The van der Waals surface area contributed by atoms with Gasteiger partial charge in [0, 0.05) is 24.4 Å². The number of benzene rings is 2. The summed E-state index contributed by atoms with van der Waals surface area (Å²) < 4.78 is 5.62. The van der Waals surface area contributed by atoms with Crippen LogP contribution in [0.15, 0.2) is 54.6 Å². The van der Waals surface area contributed by atoms with Crippen LogP contribution in [0.4, 0.5) is 11.4 Å². The van der Waals surface area contributed by atoms with E-state index >= 15 is 0 Å². The number of hydrogen-bond acceptors (Lipinski definition) is 5. The SMILES string of the molecule is CC(C(=O)Nc1ccc([N+](=O)[O-])cc1)N(C)CCOc1ccccc1. The third-order valence-corrected chi connectivity index (χ3v) is 3.84. The van der Waals surface area contributed by atoms with Gasteiger partial charge in [-0.05, 0) is 38.2 Å². The van der Waals surface area contributed by atoms with E-state index in [4.69, 9.17) is 4.74 Å². The van der Waals surface area contributed by atoms with Crippen LogP contribution in [0.25, 0.3) is 0 Å². The summed E-state index contributed by atoms with van der Waals surface area (Å²) in [7, 11) is 1.84. The number of para-hydroxylation sites is 1. The lowest BCUT2D eigenvalue weighted by atomic mass is 10.2. The van der Waals surface area contributed by atoms with Crippen LogP contribution in [0.3, 0.4) is 0 Å². The van der Waals surface area contributed by atoms with Gasteiger partial charge in [0.2, 0.25) is 5.91 Å². The Bertz CT molecular complexity index is 704. The number of carbonyl (C=O) groups excluding carboxylic acids is 1. The van der Waals surface area contributed by atoms with E-state index in [2.05, 4.69) is 5.32 Å². The Hall–Kier alpha value is -2.93. The third kappa shape index (κ3) is 5.58. The van der Waals surface area contributed by atoms with Gasteiger partial charge in [-0.1, -0.05) is 18.2 Å². The molecule has 0 aliphatic rings. The number of carbonyl (C=O) groups is 1. The van der Waals surface area contributed by atoms with E-state index in [1.54, 1.807) is 6.92 Å². The monoisotopic (exact) mass is 343 g/mol. The molecule has 1 unspecified atom stereocenters.